The van der Waals surface area contributed by atoms with Crippen molar-refractivity contribution in [3.05, 3.63) is 0 Å². The van der Waals surface area contributed by atoms with Crippen LogP contribution in [0.1, 0.15) is 80.1 Å². The van der Waals surface area contributed by atoms with Crippen LogP contribution >= 0.6 is 0 Å². The van der Waals surface area contributed by atoms with Crippen LogP contribution in [-0.4, -0.2) is 12.2 Å². The van der Waals surface area contributed by atoms with Crippen LogP contribution in [0.4, 0.5) is 0 Å². The third kappa shape index (κ3) is 8.15. The van der Waals surface area contributed by atoms with E-state index in [0.29, 0.717) is 5.41 Å². The van der Waals surface area contributed by atoms with E-state index in [1.807, 2.05) is 0 Å². The van der Waals surface area contributed by atoms with E-state index < -0.39 is 0 Å². The third-order valence-corrected chi connectivity index (χ3v) is 3.58. The van der Waals surface area contributed by atoms with Gasteiger partial charge in [0.15, 0.2) is 0 Å². The van der Waals surface area contributed by atoms with Crippen molar-refractivity contribution in [2.75, 3.05) is 6.61 Å². The van der Waals surface area contributed by atoms with Gasteiger partial charge < -0.3 is 4.74 Å². The molecule has 0 aliphatic carbocycles. The molecule has 1 heteroatoms. The Kier molecular flexibility index (Phi) is 7.30. The van der Waals surface area contributed by atoms with Gasteiger partial charge in [-0.15, -0.1) is 0 Å². The van der Waals surface area contributed by atoms with Crippen LogP contribution in [0.25, 0.3) is 0 Å². The molecule has 0 aromatic rings. The number of hydrogen-bond donors (Lipinski definition) is 0. The number of ether oxygens (including phenoxy) is 1. The molecule has 0 bridgehead atoms. The maximum Gasteiger partial charge on any atom is 0.0626 e. The molecule has 0 saturated heterocycles. The van der Waals surface area contributed by atoms with E-state index in [4.69, 9.17) is 4.74 Å². The second-order valence-corrected chi connectivity index (χ2v) is 6.33. The molecule has 0 fully saturated rings. The van der Waals surface area contributed by atoms with Gasteiger partial charge in [-0.25, -0.2) is 0 Å². The first kappa shape index (κ1) is 16.0. The number of hydrogen-bond acceptors (Lipinski definition) is 1. The summed E-state index contributed by atoms with van der Waals surface area (Å²) in [7, 11) is 0. The normalized spacial score (nSPS) is 13.1. The van der Waals surface area contributed by atoms with E-state index in [9.17, 15) is 0 Å². The van der Waals surface area contributed by atoms with Gasteiger partial charge in [0.1, 0.15) is 0 Å². The van der Waals surface area contributed by atoms with Gasteiger partial charge in [-0.1, -0.05) is 47.0 Å². The fourth-order valence-electron chi connectivity index (χ4n) is 1.75. The predicted octanol–water partition coefficient (Wildman–Crippen LogP) is 5.19. The molecule has 0 aromatic carbocycles. The Morgan fingerprint density at radius 1 is 0.875 bits per heavy atom. The van der Waals surface area contributed by atoms with Crippen molar-refractivity contribution in [2.45, 2.75) is 85.7 Å². The fourth-order valence-corrected chi connectivity index (χ4v) is 1.75. The van der Waals surface area contributed by atoms with Crippen LogP contribution in [0.2, 0.25) is 0 Å². The highest BCUT2D eigenvalue weighted by Gasteiger charge is 2.18. The first-order valence-corrected chi connectivity index (χ1v) is 6.97. The Morgan fingerprint density at radius 3 is 2.00 bits per heavy atom. The second kappa shape index (κ2) is 7.32. The first-order valence-electron chi connectivity index (χ1n) is 6.97. The Bertz CT molecular complexity index is 170. The largest absolute Gasteiger partial charge is 0.376 e. The Labute approximate surface area is 103 Å². The number of rotatable bonds is 9. The molecule has 0 aliphatic heterocycles. The predicted molar refractivity (Wildman–Crippen MR) is 72.9 cm³/mol. The summed E-state index contributed by atoms with van der Waals surface area (Å²) >= 11 is 0. The summed E-state index contributed by atoms with van der Waals surface area (Å²) in [5, 5.41) is 0. The summed E-state index contributed by atoms with van der Waals surface area (Å²) in [6.07, 6.45) is 7.43. The smallest absolute Gasteiger partial charge is 0.0626 e. The van der Waals surface area contributed by atoms with Crippen molar-refractivity contribution in [1.29, 1.82) is 0 Å². The lowest BCUT2D eigenvalue weighted by Gasteiger charge is -2.27. The molecule has 0 unspecified atom stereocenters. The fraction of sp³-hybridized carbons (Fsp3) is 1.00. The molecule has 16 heavy (non-hydrogen) atoms. The maximum absolute atomic E-state index is 5.97. The van der Waals surface area contributed by atoms with Gasteiger partial charge in [0, 0.05) is 6.61 Å². The summed E-state index contributed by atoms with van der Waals surface area (Å²) in [5.41, 5.74) is 0.559. The van der Waals surface area contributed by atoms with Crippen LogP contribution in [0.3, 0.4) is 0 Å². The Morgan fingerprint density at radius 2 is 1.50 bits per heavy atom. The lowest BCUT2D eigenvalue weighted by Crippen LogP contribution is -2.25. The zero-order valence-electron chi connectivity index (χ0n) is 12.4. The minimum absolute atomic E-state index is 0.0758. The molecule has 0 spiro atoms. The highest BCUT2D eigenvalue weighted by atomic mass is 16.5. The van der Waals surface area contributed by atoms with Crippen LogP contribution in [0.5, 0.6) is 0 Å². The van der Waals surface area contributed by atoms with Gasteiger partial charge in [0.05, 0.1) is 5.60 Å². The minimum Gasteiger partial charge on any atom is -0.376 e. The van der Waals surface area contributed by atoms with Gasteiger partial charge in [-0.2, -0.15) is 0 Å². The molecule has 0 rings (SSSR count). The Balaban J connectivity index is 3.64. The first-order chi connectivity index (χ1) is 7.33. The molecule has 0 N–H and O–H groups in total. The van der Waals surface area contributed by atoms with Gasteiger partial charge >= 0.3 is 0 Å². The van der Waals surface area contributed by atoms with Crippen molar-refractivity contribution in [3.63, 3.8) is 0 Å². The lowest BCUT2D eigenvalue weighted by molar-refractivity contribution is -0.0288. The average molecular weight is 228 g/mol. The summed E-state index contributed by atoms with van der Waals surface area (Å²) in [6.45, 7) is 14.5. The van der Waals surface area contributed by atoms with E-state index in [2.05, 4.69) is 41.5 Å². The topological polar surface area (TPSA) is 9.23 Å². The molecule has 0 atom stereocenters. The molecular formula is C15H32O. The SMILES string of the molecule is CCCCC(C)(C)OCCCC(C)(C)CC. The highest BCUT2D eigenvalue weighted by molar-refractivity contribution is 4.69. The second-order valence-electron chi connectivity index (χ2n) is 6.33. The van der Waals surface area contributed by atoms with Gasteiger partial charge in [-0.05, 0) is 38.5 Å². The summed E-state index contributed by atoms with van der Waals surface area (Å²) in [6, 6.07) is 0. The molecule has 0 aliphatic rings. The summed E-state index contributed by atoms with van der Waals surface area (Å²) in [4.78, 5) is 0. The van der Waals surface area contributed by atoms with Crippen LogP contribution in [0, 0.1) is 5.41 Å². The standard InChI is InChI=1S/C15H32O/c1-7-9-12-15(5,6)16-13-10-11-14(3,4)8-2/h7-13H2,1-6H3. The zero-order valence-corrected chi connectivity index (χ0v) is 12.4. The molecule has 0 radical (unpaired) electrons. The molecule has 98 valence electrons. The molecular weight excluding hydrogens is 196 g/mol. The molecule has 0 heterocycles. The van der Waals surface area contributed by atoms with Gasteiger partial charge in [0.25, 0.3) is 0 Å². The summed E-state index contributed by atoms with van der Waals surface area (Å²) < 4.78 is 5.97. The van der Waals surface area contributed by atoms with E-state index >= 15 is 0 Å². The monoisotopic (exact) mass is 228 g/mol. The van der Waals surface area contributed by atoms with E-state index in [1.165, 1.54) is 38.5 Å². The van der Waals surface area contributed by atoms with Crippen LogP contribution < -0.4 is 0 Å². The summed E-state index contributed by atoms with van der Waals surface area (Å²) in [5.74, 6) is 0. The minimum atomic E-state index is 0.0758. The van der Waals surface area contributed by atoms with Crippen molar-refractivity contribution in [3.8, 4) is 0 Å². The van der Waals surface area contributed by atoms with Gasteiger partial charge in [-0.3, -0.25) is 0 Å². The van der Waals surface area contributed by atoms with Gasteiger partial charge in [0.2, 0.25) is 0 Å². The van der Waals surface area contributed by atoms with Crippen molar-refractivity contribution < 1.29 is 4.74 Å². The molecule has 0 aromatic heterocycles. The highest BCUT2D eigenvalue weighted by Crippen LogP contribution is 2.26. The molecule has 0 amide bonds. The van der Waals surface area contributed by atoms with E-state index in [-0.39, 0.29) is 5.60 Å². The van der Waals surface area contributed by atoms with E-state index in [1.54, 1.807) is 0 Å². The molecule has 1 nitrogen and oxygen atoms in total. The van der Waals surface area contributed by atoms with Crippen molar-refractivity contribution >= 4 is 0 Å². The lowest BCUT2D eigenvalue weighted by atomic mass is 9.85. The third-order valence-electron chi connectivity index (χ3n) is 3.58. The van der Waals surface area contributed by atoms with Crippen molar-refractivity contribution in [2.24, 2.45) is 5.41 Å². The maximum atomic E-state index is 5.97. The average Bonchev–Trinajstić information content (AvgIpc) is 2.22. The zero-order chi connectivity index (χ0) is 12.7. The Hall–Kier alpha value is -0.0400. The van der Waals surface area contributed by atoms with E-state index in [0.717, 1.165) is 6.61 Å². The van der Waals surface area contributed by atoms with Crippen LogP contribution in [0.15, 0.2) is 0 Å². The van der Waals surface area contributed by atoms with Crippen molar-refractivity contribution in [1.82, 2.24) is 0 Å². The number of unbranched alkanes of at least 4 members (excludes halogenated alkanes) is 1. The molecule has 0 saturated carbocycles. The van der Waals surface area contributed by atoms with Crippen LogP contribution in [-0.2, 0) is 4.74 Å². The quantitative estimate of drug-likeness (QED) is 0.494.